The molecule has 0 atom stereocenters. The number of ether oxygens (including phenoxy) is 1. The standard InChI is InChI=1S/C21H14BrFN2O2/c1-13-24-20-11-2-14(22)12-19(20)21(26)25(13)16-5-9-18(10-6-16)27-17-7-3-15(23)4-8-17/h2-12H,1H3. The summed E-state index contributed by atoms with van der Waals surface area (Å²) in [6.45, 7) is 1.80. The maximum Gasteiger partial charge on any atom is 0.265 e. The van der Waals surface area contributed by atoms with Gasteiger partial charge < -0.3 is 4.74 Å². The molecule has 134 valence electrons. The monoisotopic (exact) mass is 424 g/mol. The number of benzene rings is 3. The van der Waals surface area contributed by atoms with Gasteiger partial charge in [-0.3, -0.25) is 9.36 Å². The van der Waals surface area contributed by atoms with Gasteiger partial charge in [-0.05, 0) is 73.7 Å². The Hall–Kier alpha value is -2.99. The van der Waals surface area contributed by atoms with E-state index >= 15 is 0 Å². The number of aryl methyl sites for hydroxylation is 1. The van der Waals surface area contributed by atoms with E-state index in [2.05, 4.69) is 20.9 Å². The first kappa shape index (κ1) is 17.4. The summed E-state index contributed by atoms with van der Waals surface area (Å²) >= 11 is 3.40. The van der Waals surface area contributed by atoms with Crippen molar-refractivity contribution in [3.63, 3.8) is 0 Å². The molecule has 0 amide bonds. The molecule has 4 rings (SSSR count). The molecule has 1 heterocycles. The Balaban J connectivity index is 1.71. The fraction of sp³-hybridized carbons (Fsp3) is 0.0476. The maximum atomic E-state index is 13.0. The Kier molecular flexibility index (Phi) is 4.49. The molecule has 0 spiro atoms. The zero-order chi connectivity index (χ0) is 19.0. The van der Waals surface area contributed by atoms with Crippen LogP contribution in [0.1, 0.15) is 5.82 Å². The largest absolute Gasteiger partial charge is 0.457 e. The van der Waals surface area contributed by atoms with Crippen molar-refractivity contribution in [3.8, 4) is 17.2 Å². The van der Waals surface area contributed by atoms with E-state index in [4.69, 9.17) is 4.74 Å². The summed E-state index contributed by atoms with van der Waals surface area (Å²) in [6.07, 6.45) is 0. The second-order valence-electron chi connectivity index (χ2n) is 6.01. The van der Waals surface area contributed by atoms with Crippen LogP contribution >= 0.6 is 15.9 Å². The van der Waals surface area contributed by atoms with Crippen molar-refractivity contribution in [1.29, 1.82) is 0 Å². The SMILES string of the molecule is Cc1nc2ccc(Br)cc2c(=O)n1-c1ccc(Oc2ccc(F)cc2)cc1. The van der Waals surface area contributed by atoms with Crippen molar-refractivity contribution < 1.29 is 9.13 Å². The van der Waals surface area contributed by atoms with Crippen molar-refractivity contribution in [2.45, 2.75) is 6.92 Å². The van der Waals surface area contributed by atoms with Crippen LogP contribution in [0.5, 0.6) is 11.5 Å². The third-order valence-electron chi connectivity index (χ3n) is 4.14. The normalized spacial score (nSPS) is 10.9. The van der Waals surface area contributed by atoms with E-state index in [1.165, 1.54) is 12.1 Å². The van der Waals surface area contributed by atoms with Gasteiger partial charge in [-0.15, -0.1) is 0 Å². The van der Waals surface area contributed by atoms with Crippen molar-refractivity contribution in [1.82, 2.24) is 9.55 Å². The fourth-order valence-electron chi connectivity index (χ4n) is 2.87. The predicted octanol–water partition coefficient (Wildman–Crippen LogP) is 5.39. The second kappa shape index (κ2) is 6.96. The molecule has 6 heteroatoms. The third kappa shape index (κ3) is 3.48. The molecule has 0 bridgehead atoms. The first-order valence-electron chi connectivity index (χ1n) is 8.24. The van der Waals surface area contributed by atoms with Gasteiger partial charge in [0.05, 0.1) is 16.6 Å². The van der Waals surface area contributed by atoms with E-state index in [-0.39, 0.29) is 11.4 Å². The topological polar surface area (TPSA) is 44.1 Å². The highest BCUT2D eigenvalue weighted by molar-refractivity contribution is 9.10. The van der Waals surface area contributed by atoms with Crippen LogP contribution in [0.2, 0.25) is 0 Å². The molecule has 4 nitrogen and oxygen atoms in total. The molecule has 0 aliphatic carbocycles. The summed E-state index contributed by atoms with van der Waals surface area (Å²) in [5.74, 6) is 1.41. The van der Waals surface area contributed by atoms with E-state index in [0.717, 1.165) is 4.47 Å². The third-order valence-corrected chi connectivity index (χ3v) is 4.64. The van der Waals surface area contributed by atoms with Crippen LogP contribution in [0, 0.1) is 12.7 Å². The minimum Gasteiger partial charge on any atom is -0.457 e. The van der Waals surface area contributed by atoms with E-state index in [9.17, 15) is 9.18 Å². The van der Waals surface area contributed by atoms with Gasteiger partial charge in [-0.25, -0.2) is 9.37 Å². The number of hydrogen-bond donors (Lipinski definition) is 0. The maximum absolute atomic E-state index is 13.0. The van der Waals surface area contributed by atoms with Crippen molar-refractivity contribution in [2.24, 2.45) is 0 Å². The van der Waals surface area contributed by atoms with Gasteiger partial charge in [0.2, 0.25) is 0 Å². The molecule has 0 radical (unpaired) electrons. The van der Waals surface area contributed by atoms with E-state index in [0.29, 0.717) is 33.9 Å². The van der Waals surface area contributed by atoms with Crippen molar-refractivity contribution in [2.75, 3.05) is 0 Å². The molecule has 27 heavy (non-hydrogen) atoms. The molecule has 1 aromatic heterocycles. The van der Waals surface area contributed by atoms with Crippen LogP contribution in [0.3, 0.4) is 0 Å². The Morgan fingerprint density at radius 1 is 0.963 bits per heavy atom. The molecule has 3 aromatic carbocycles. The molecule has 0 saturated carbocycles. The smallest absolute Gasteiger partial charge is 0.265 e. The number of nitrogens with zero attached hydrogens (tertiary/aromatic N) is 2. The number of aromatic nitrogens is 2. The summed E-state index contributed by atoms with van der Waals surface area (Å²) in [4.78, 5) is 17.5. The van der Waals surface area contributed by atoms with E-state index < -0.39 is 0 Å². The average Bonchev–Trinajstić information content (AvgIpc) is 2.66. The minimum atomic E-state index is -0.317. The van der Waals surface area contributed by atoms with Gasteiger partial charge in [0, 0.05) is 4.47 Å². The Morgan fingerprint density at radius 2 is 1.59 bits per heavy atom. The molecule has 0 aliphatic rings. The lowest BCUT2D eigenvalue weighted by molar-refractivity contribution is 0.480. The summed E-state index contributed by atoms with van der Waals surface area (Å²) < 4.78 is 21.1. The molecule has 4 aromatic rings. The van der Waals surface area contributed by atoms with Gasteiger partial charge >= 0.3 is 0 Å². The summed E-state index contributed by atoms with van der Waals surface area (Å²) in [6, 6.07) is 18.3. The van der Waals surface area contributed by atoms with Crippen LogP contribution in [0.4, 0.5) is 4.39 Å². The Morgan fingerprint density at radius 3 is 2.26 bits per heavy atom. The summed E-state index contributed by atoms with van der Waals surface area (Å²) in [5.41, 5.74) is 1.22. The van der Waals surface area contributed by atoms with Gasteiger partial charge in [0.15, 0.2) is 0 Å². The van der Waals surface area contributed by atoms with Crippen LogP contribution in [-0.4, -0.2) is 9.55 Å². The van der Waals surface area contributed by atoms with Gasteiger partial charge in [-0.2, -0.15) is 0 Å². The van der Waals surface area contributed by atoms with E-state index in [1.807, 2.05) is 12.1 Å². The van der Waals surface area contributed by atoms with Gasteiger partial charge in [0.25, 0.3) is 5.56 Å². The molecule has 0 N–H and O–H groups in total. The molecule has 0 saturated heterocycles. The number of fused-ring (bicyclic) bond motifs is 1. The lowest BCUT2D eigenvalue weighted by Crippen LogP contribution is -2.22. The zero-order valence-corrected chi connectivity index (χ0v) is 15.9. The van der Waals surface area contributed by atoms with Crippen LogP contribution in [-0.2, 0) is 0 Å². The fourth-order valence-corrected chi connectivity index (χ4v) is 3.24. The summed E-state index contributed by atoms with van der Waals surface area (Å²) in [7, 11) is 0. The highest BCUT2D eigenvalue weighted by atomic mass is 79.9. The highest BCUT2D eigenvalue weighted by Crippen LogP contribution is 2.23. The molecule has 0 fully saturated rings. The molecular weight excluding hydrogens is 411 g/mol. The van der Waals surface area contributed by atoms with Gasteiger partial charge in [-0.1, -0.05) is 15.9 Å². The molecular formula is C21H14BrFN2O2. The minimum absolute atomic E-state index is 0.133. The first-order chi connectivity index (χ1) is 13.0. The van der Waals surface area contributed by atoms with Crippen LogP contribution < -0.4 is 10.3 Å². The highest BCUT2D eigenvalue weighted by Gasteiger charge is 2.10. The molecule has 0 unspecified atom stereocenters. The number of halogens is 2. The van der Waals surface area contributed by atoms with Gasteiger partial charge in [0.1, 0.15) is 23.1 Å². The average molecular weight is 425 g/mol. The van der Waals surface area contributed by atoms with Crippen LogP contribution in [0.25, 0.3) is 16.6 Å². The first-order valence-corrected chi connectivity index (χ1v) is 9.03. The zero-order valence-electron chi connectivity index (χ0n) is 14.3. The summed E-state index contributed by atoms with van der Waals surface area (Å²) in [5, 5.41) is 0.543. The van der Waals surface area contributed by atoms with Crippen molar-refractivity contribution >= 4 is 26.8 Å². The van der Waals surface area contributed by atoms with Crippen LogP contribution in [0.15, 0.2) is 76.0 Å². The van der Waals surface area contributed by atoms with E-state index in [1.54, 1.807) is 54.0 Å². The lowest BCUT2D eigenvalue weighted by atomic mass is 10.2. The number of hydrogen-bond acceptors (Lipinski definition) is 3. The number of rotatable bonds is 3. The van der Waals surface area contributed by atoms with Crippen molar-refractivity contribution in [3.05, 3.63) is 93.2 Å². The second-order valence-corrected chi connectivity index (χ2v) is 6.93. The quantitative estimate of drug-likeness (QED) is 0.442. The molecule has 0 aliphatic heterocycles. The Labute approximate surface area is 163 Å². The predicted molar refractivity (Wildman–Crippen MR) is 106 cm³/mol. The lowest BCUT2D eigenvalue weighted by Gasteiger charge is -2.12. The Bertz CT molecular complexity index is 1190.